The van der Waals surface area contributed by atoms with Gasteiger partial charge in [0.25, 0.3) is 0 Å². The number of rotatable bonds is 10. The number of carbonyl (C=O) groups is 2. The number of carbonyl (C=O) groups excluding carboxylic acids is 2. The van der Waals surface area contributed by atoms with Crippen LogP contribution in [0.5, 0.6) is 0 Å². The van der Waals surface area contributed by atoms with Crippen LogP contribution in [0.2, 0.25) is 0 Å². The molecule has 1 amide bonds. The van der Waals surface area contributed by atoms with Gasteiger partial charge in [-0.3, -0.25) is 9.59 Å². The number of nitrogens with zero attached hydrogens (tertiary/aromatic N) is 1. The van der Waals surface area contributed by atoms with Crippen LogP contribution >= 0.6 is 0 Å². The Bertz CT molecular complexity index is 661. The molecule has 166 valence electrons. The summed E-state index contributed by atoms with van der Waals surface area (Å²) in [4.78, 5) is 26.8. The highest BCUT2D eigenvalue weighted by atomic mass is 16.8. The van der Waals surface area contributed by atoms with Crippen LogP contribution in [-0.4, -0.2) is 45.1 Å². The molecule has 0 aliphatic rings. The number of aryl methyl sites for hydroxylation is 1. The smallest absolute Gasteiger partial charge is 0.230 e. The zero-order valence-electron chi connectivity index (χ0n) is 18.8. The van der Waals surface area contributed by atoms with E-state index in [0.29, 0.717) is 6.41 Å². The van der Waals surface area contributed by atoms with Gasteiger partial charge in [-0.15, -0.1) is 0 Å². The third-order valence-electron chi connectivity index (χ3n) is 3.90. The second kappa shape index (κ2) is 18.5. The highest BCUT2D eigenvalue weighted by Crippen LogP contribution is 2.02. The fourth-order valence-electron chi connectivity index (χ4n) is 2.34. The highest BCUT2D eigenvalue weighted by molar-refractivity contribution is 5.74. The Balaban J connectivity index is 0.000000420. The van der Waals surface area contributed by atoms with Crippen LogP contribution in [0.3, 0.4) is 0 Å². The van der Waals surface area contributed by atoms with Crippen molar-refractivity contribution in [1.82, 2.24) is 10.4 Å². The maximum atomic E-state index is 10.2. The van der Waals surface area contributed by atoms with E-state index in [1.807, 2.05) is 37.3 Å². The number of aldehydes is 1. The molecule has 0 heterocycles. The highest BCUT2D eigenvalue weighted by Gasteiger charge is 2.03. The minimum atomic E-state index is -0.324. The molecule has 0 aromatic heterocycles. The summed E-state index contributed by atoms with van der Waals surface area (Å²) < 4.78 is 4.85. The van der Waals surface area contributed by atoms with Crippen molar-refractivity contribution in [3.8, 4) is 0 Å². The molecule has 2 aromatic rings. The summed E-state index contributed by atoms with van der Waals surface area (Å²) in [5.74, 6) is 0. The van der Waals surface area contributed by atoms with Crippen molar-refractivity contribution >= 4 is 12.7 Å². The largest absolute Gasteiger partial charge is 0.354 e. The van der Waals surface area contributed by atoms with E-state index in [1.165, 1.54) is 18.2 Å². The number of benzene rings is 2. The summed E-state index contributed by atoms with van der Waals surface area (Å²) in [6.07, 6.45) is 3.77. The van der Waals surface area contributed by atoms with Gasteiger partial charge in [-0.25, -0.2) is 10.3 Å². The SMILES string of the molecule is CCCC(OC)ONC=O.CCc1ccc(C=O)cc1.CN(C)Cc1ccccc1. The summed E-state index contributed by atoms with van der Waals surface area (Å²) in [5.41, 5.74) is 5.46. The molecule has 0 bridgehead atoms. The van der Waals surface area contributed by atoms with Gasteiger partial charge in [0.15, 0.2) is 6.29 Å². The molecule has 2 aromatic carbocycles. The van der Waals surface area contributed by atoms with Crippen molar-refractivity contribution in [2.45, 2.75) is 45.9 Å². The van der Waals surface area contributed by atoms with E-state index >= 15 is 0 Å². The van der Waals surface area contributed by atoms with Gasteiger partial charge < -0.3 is 9.64 Å². The molecule has 0 saturated heterocycles. The van der Waals surface area contributed by atoms with E-state index in [9.17, 15) is 9.59 Å². The third kappa shape index (κ3) is 14.5. The van der Waals surface area contributed by atoms with Crippen molar-refractivity contribution in [2.24, 2.45) is 0 Å². The standard InChI is InChI=1S/C9H13N.C9H10O.C6H13NO3/c1-10(2)8-9-6-4-3-5-7-9;1-2-8-3-5-9(7-10)6-4-8;1-3-4-6(9-2)10-7-5-8/h3-7H,8H2,1-2H3;3-7H,2H2,1H3;5-6H,3-4H2,1-2H3,(H,7,8). The van der Waals surface area contributed by atoms with E-state index in [1.54, 1.807) is 0 Å². The van der Waals surface area contributed by atoms with Gasteiger partial charge in [0.2, 0.25) is 6.41 Å². The molecule has 0 radical (unpaired) electrons. The van der Waals surface area contributed by atoms with Gasteiger partial charge in [0, 0.05) is 25.6 Å². The quantitative estimate of drug-likeness (QED) is 0.356. The third-order valence-corrected chi connectivity index (χ3v) is 3.90. The Morgan fingerprint density at radius 1 is 0.967 bits per heavy atom. The van der Waals surface area contributed by atoms with Gasteiger partial charge >= 0.3 is 0 Å². The molecular formula is C24H36N2O4. The van der Waals surface area contributed by atoms with E-state index in [0.717, 1.165) is 37.7 Å². The molecule has 0 fully saturated rings. The fraction of sp³-hybridized carbons (Fsp3) is 0.417. The molecule has 1 N–H and O–H groups in total. The van der Waals surface area contributed by atoms with E-state index in [2.05, 4.69) is 55.7 Å². The summed E-state index contributed by atoms with van der Waals surface area (Å²) >= 11 is 0. The van der Waals surface area contributed by atoms with Crippen LogP contribution in [0, 0.1) is 0 Å². The first-order valence-electron chi connectivity index (χ1n) is 10.1. The lowest BCUT2D eigenvalue weighted by Crippen LogP contribution is -2.24. The normalized spacial score (nSPS) is 10.7. The molecule has 0 saturated carbocycles. The monoisotopic (exact) mass is 416 g/mol. The Morgan fingerprint density at radius 3 is 2.03 bits per heavy atom. The van der Waals surface area contributed by atoms with Crippen LogP contribution in [0.4, 0.5) is 0 Å². The van der Waals surface area contributed by atoms with E-state index < -0.39 is 0 Å². The molecule has 1 unspecified atom stereocenters. The Hall–Kier alpha value is -2.54. The topological polar surface area (TPSA) is 67.9 Å². The van der Waals surface area contributed by atoms with Crippen molar-refractivity contribution in [2.75, 3.05) is 21.2 Å². The molecule has 0 aliphatic heterocycles. The lowest BCUT2D eigenvalue weighted by Gasteiger charge is -2.12. The first-order chi connectivity index (χ1) is 14.5. The molecule has 30 heavy (non-hydrogen) atoms. The average molecular weight is 417 g/mol. The molecule has 0 aliphatic carbocycles. The van der Waals surface area contributed by atoms with Crippen LogP contribution in [-0.2, 0) is 27.3 Å². The lowest BCUT2D eigenvalue weighted by molar-refractivity contribution is -0.172. The zero-order valence-corrected chi connectivity index (χ0v) is 18.8. The van der Waals surface area contributed by atoms with Crippen LogP contribution in [0.1, 0.15) is 48.2 Å². The average Bonchev–Trinajstić information content (AvgIpc) is 2.78. The number of nitrogens with one attached hydrogen (secondary N) is 1. The number of hydroxylamine groups is 1. The number of hydrogen-bond acceptors (Lipinski definition) is 5. The van der Waals surface area contributed by atoms with Crippen LogP contribution < -0.4 is 5.48 Å². The molecule has 0 spiro atoms. The molecular weight excluding hydrogens is 380 g/mol. The summed E-state index contributed by atoms with van der Waals surface area (Å²) in [5, 5.41) is 0. The number of hydrogen-bond donors (Lipinski definition) is 1. The van der Waals surface area contributed by atoms with Gasteiger partial charge in [-0.1, -0.05) is 74.9 Å². The number of ether oxygens (including phenoxy) is 1. The minimum absolute atomic E-state index is 0.324. The van der Waals surface area contributed by atoms with Crippen molar-refractivity contribution < 1.29 is 19.2 Å². The lowest BCUT2D eigenvalue weighted by atomic mass is 10.1. The Labute approximate surface area is 181 Å². The summed E-state index contributed by atoms with van der Waals surface area (Å²) in [7, 11) is 5.69. The van der Waals surface area contributed by atoms with Crippen molar-refractivity contribution in [3.05, 3.63) is 71.3 Å². The van der Waals surface area contributed by atoms with Crippen LogP contribution in [0.15, 0.2) is 54.6 Å². The second-order valence-electron chi connectivity index (χ2n) is 6.74. The summed E-state index contributed by atoms with van der Waals surface area (Å²) in [6, 6.07) is 18.1. The molecule has 6 nitrogen and oxygen atoms in total. The van der Waals surface area contributed by atoms with E-state index in [4.69, 9.17) is 9.57 Å². The Morgan fingerprint density at radius 2 is 1.60 bits per heavy atom. The first kappa shape index (κ1) is 27.5. The predicted molar refractivity (Wildman–Crippen MR) is 121 cm³/mol. The van der Waals surface area contributed by atoms with Gasteiger partial charge in [-0.2, -0.15) is 0 Å². The maximum absolute atomic E-state index is 10.2. The predicted octanol–water partition coefficient (Wildman–Crippen LogP) is 4.25. The van der Waals surface area contributed by atoms with Crippen molar-refractivity contribution in [3.63, 3.8) is 0 Å². The molecule has 6 heteroatoms. The Kier molecular flexibility index (Phi) is 16.9. The van der Waals surface area contributed by atoms with Gasteiger partial charge in [0.1, 0.15) is 6.29 Å². The maximum Gasteiger partial charge on any atom is 0.230 e. The minimum Gasteiger partial charge on any atom is -0.354 e. The van der Waals surface area contributed by atoms with Gasteiger partial charge in [0.05, 0.1) is 0 Å². The first-order valence-corrected chi connectivity index (χ1v) is 10.1. The van der Waals surface area contributed by atoms with Crippen molar-refractivity contribution in [1.29, 1.82) is 0 Å². The second-order valence-corrected chi connectivity index (χ2v) is 6.74. The van der Waals surface area contributed by atoms with Gasteiger partial charge in [-0.05, 0) is 31.6 Å². The number of amides is 1. The fourth-order valence-corrected chi connectivity index (χ4v) is 2.34. The molecule has 1 atom stereocenters. The summed E-state index contributed by atoms with van der Waals surface area (Å²) in [6.45, 7) is 5.13. The van der Waals surface area contributed by atoms with E-state index in [-0.39, 0.29) is 6.29 Å². The number of methoxy groups -OCH3 is 1. The van der Waals surface area contributed by atoms with Crippen LogP contribution in [0.25, 0.3) is 0 Å². The molecule has 2 rings (SSSR count). The zero-order chi connectivity index (χ0) is 22.6.